The van der Waals surface area contributed by atoms with Crippen LogP contribution >= 0.6 is 0 Å². The lowest BCUT2D eigenvalue weighted by atomic mass is 10.1. The summed E-state index contributed by atoms with van der Waals surface area (Å²) in [6.07, 6.45) is 0. The van der Waals surface area contributed by atoms with E-state index in [1.807, 2.05) is 18.2 Å². The number of hydrogen-bond donors (Lipinski definition) is 1. The quantitative estimate of drug-likeness (QED) is 0.744. The van der Waals surface area contributed by atoms with E-state index in [0.29, 0.717) is 41.7 Å². The van der Waals surface area contributed by atoms with Gasteiger partial charge in [-0.2, -0.15) is 0 Å². The van der Waals surface area contributed by atoms with Crippen LogP contribution in [-0.4, -0.2) is 23.2 Å². The van der Waals surface area contributed by atoms with Gasteiger partial charge in [0.05, 0.1) is 16.6 Å². The molecule has 2 aromatic carbocycles. The Labute approximate surface area is 120 Å². The highest BCUT2D eigenvalue weighted by Crippen LogP contribution is 2.35. The molecule has 0 amide bonds. The van der Waals surface area contributed by atoms with Crippen LogP contribution in [-0.2, 0) is 0 Å². The summed E-state index contributed by atoms with van der Waals surface area (Å²) in [5, 5.41) is 0. The molecule has 0 radical (unpaired) electrons. The number of imidazole rings is 1. The first-order valence-electron chi connectivity index (χ1n) is 6.77. The molecular formula is C16H13FN2O2. The number of ether oxygens (including phenoxy) is 2. The van der Waals surface area contributed by atoms with Crippen LogP contribution in [0, 0.1) is 12.7 Å². The third kappa shape index (κ3) is 1.93. The predicted molar refractivity (Wildman–Crippen MR) is 77.2 cm³/mol. The first-order valence-corrected chi connectivity index (χ1v) is 6.77. The summed E-state index contributed by atoms with van der Waals surface area (Å²) in [4.78, 5) is 7.61. The Morgan fingerprint density at radius 3 is 2.71 bits per heavy atom. The molecule has 0 aliphatic carbocycles. The number of nitrogens with one attached hydrogen (secondary N) is 1. The number of hydrogen-bond acceptors (Lipinski definition) is 3. The fourth-order valence-corrected chi connectivity index (χ4v) is 2.50. The maximum Gasteiger partial charge on any atom is 0.163 e. The largest absolute Gasteiger partial charge is 0.486 e. The van der Waals surface area contributed by atoms with Crippen LogP contribution in [0.4, 0.5) is 4.39 Å². The van der Waals surface area contributed by atoms with Gasteiger partial charge in [0.25, 0.3) is 0 Å². The maximum atomic E-state index is 14.2. The molecule has 0 unspecified atom stereocenters. The molecule has 0 spiro atoms. The third-order valence-corrected chi connectivity index (χ3v) is 3.59. The Morgan fingerprint density at radius 2 is 1.90 bits per heavy atom. The van der Waals surface area contributed by atoms with E-state index >= 15 is 0 Å². The summed E-state index contributed by atoms with van der Waals surface area (Å²) in [5.41, 5.74) is 2.59. The van der Waals surface area contributed by atoms with Crippen molar-refractivity contribution in [3.63, 3.8) is 0 Å². The van der Waals surface area contributed by atoms with Gasteiger partial charge >= 0.3 is 0 Å². The molecule has 1 aliphatic heterocycles. The van der Waals surface area contributed by atoms with Crippen molar-refractivity contribution < 1.29 is 13.9 Å². The first-order chi connectivity index (χ1) is 10.2. The molecule has 21 heavy (non-hydrogen) atoms. The van der Waals surface area contributed by atoms with Gasteiger partial charge in [0.15, 0.2) is 11.5 Å². The normalized spacial score (nSPS) is 13.6. The number of nitrogens with zero attached hydrogens (tertiary/aromatic N) is 1. The van der Waals surface area contributed by atoms with Gasteiger partial charge < -0.3 is 14.5 Å². The van der Waals surface area contributed by atoms with Crippen LogP contribution < -0.4 is 9.47 Å². The SMILES string of the molecule is Cc1cccc(-c2nc3cc4c(cc3[nH]2)OCCO4)c1F. The molecule has 4 rings (SSSR count). The number of halogens is 1. The summed E-state index contributed by atoms with van der Waals surface area (Å²) in [6, 6.07) is 8.93. The molecular weight excluding hydrogens is 271 g/mol. The fraction of sp³-hybridized carbons (Fsp3) is 0.188. The minimum absolute atomic E-state index is 0.256. The van der Waals surface area contributed by atoms with Crippen molar-refractivity contribution in [2.24, 2.45) is 0 Å². The number of fused-ring (bicyclic) bond motifs is 2. The van der Waals surface area contributed by atoms with Crippen LogP contribution in [0.3, 0.4) is 0 Å². The zero-order valence-electron chi connectivity index (χ0n) is 11.4. The topological polar surface area (TPSA) is 47.1 Å². The van der Waals surface area contributed by atoms with Gasteiger partial charge in [-0.1, -0.05) is 12.1 Å². The molecule has 1 N–H and O–H groups in total. The van der Waals surface area contributed by atoms with Crippen molar-refractivity contribution in [3.8, 4) is 22.9 Å². The molecule has 0 saturated carbocycles. The van der Waals surface area contributed by atoms with E-state index < -0.39 is 0 Å². The smallest absolute Gasteiger partial charge is 0.163 e. The van der Waals surface area contributed by atoms with Gasteiger partial charge in [0, 0.05) is 12.1 Å². The number of rotatable bonds is 1. The van der Waals surface area contributed by atoms with Gasteiger partial charge in [-0.3, -0.25) is 0 Å². The molecule has 106 valence electrons. The van der Waals surface area contributed by atoms with E-state index in [0.717, 1.165) is 11.0 Å². The molecule has 3 aromatic rings. The number of aromatic amines is 1. The predicted octanol–water partition coefficient (Wildman–Crippen LogP) is 3.45. The van der Waals surface area contributed by atoms with E-state index in [4.69, 9.17) is 9.47 Å². The Morgan fingerprint density at radius 1 is 1.14 bits per heavy atom. The lowest BCUT2D eigenvalue weighted by Crippen LogP contribution is -2.15. The molecule has 4 nitrogen and oxygen atoms in total. The minimum atomic E-state index is -0.256. The standard InChI is InChI=1S/C16H13FN2O2/c1-9-3-2-4-10(15(9)17)16-18-11-7-13-14(8-12(11)19-16)21-6-5-20-13/h2-4,7-8H,5-6H2,1H3,(H,18,19). The van der Waals surface area contributed by atoms with Crippen LogP contribution in [0.15, 0.2) is 30.3 Å². The van der Waals surface area contributed by atoms with Crippen molar-refractivity contribution in [1.82, 2.24) is 9.97 Å². The molecule has 0 fully saturated rings. The fourth-order valence-electron chi connectivity index (χ4n) is 2.50. The number of benzene rings is 2. The Kier molecular flexibility index (Phi) is 2.60. The van der Waals surface area contributed by atoms with Crippen molar-refractivity contribution in [1.29, 1.82) is 0 Å². The van der Waals surface area contributed by atoms with Gasteiger partial charge in [-0.25, -0.2) is 9.37 Å². The summed E-state index contributed by atoms with van der Waals surface area (Å²) in [5.74, 6) is 1.62. The van der Waals surface area contributed by atoms with Gasteiger partial charge in [-0.05, 0) is 18.6 Å². The average Bonchev–Trinajstić information content (AvgIpc) is 2.90. The Hall–Kier alpha value is -2.56. The summed E-state index contributed by atoms with van der Waals surface area (Å²) in [6.45, 7) is 2.80. The molecule has 0 bridgehead atoms. The highest BCUT2D eigenvalue weighted by molar-refractivity contribution is 5.83. The van der Waals surface area contributed by atoms with Gasteiger partial charge in [0.1, 0.15) is 24.9 Å². The van der Waals surface area contributed by atoms with E-state index in [-0.39, 0.29) is 5.82 Å². The molecule has 2 heterocycles. The van der Waals surface area contributed by atoms with E-state index in [1.165, 1.54) is 0 Å². The molecule has 1 aromatic heterocycles. The second-order valence-electron chi connectivity index (χ2n) is 5.03. The van der Waals surface area contributed by atoms with E-state index in [2.05, 4.69) is 9.97 Å². The molecule has 0 saturated heterocycles. The summed E-state index contributed by atoms with van der Waals surface area (Å²) >= 11 is 0. The van der Waals surface area contributed by atoms with Gasteiger partial charge in [-0.15, -0.1) is 0 Å². The number of aryl methyl sites for hydroxylation is 1. The summed E-state index contributed by atoms with van der Waals surface area (Å²) in [7, 11) is 0. The van der Waals surface area contributed by atoms with Crippen molar-refractivity contribution in [3.05, 3.63) is 41.7 Å². The number of H-pyrrole nitrogens is 1. The molecule has 5 heteroatoms. The Bertz CT molecular complexity index is 799. The van der Waals surface area contributed by atoms with Crippen LogP contribution in [0.2, 0.25) is 0 Å². The monoisotopic (exact) mass is 284 g/mol. The maximum absolute atomic E-state index is 14.2. The Balaban J connectivity index is 1.89. The zero-order chi connectivity index (χ0) is 14.4. The van der Waals surface area contributed by atoms with Crippen molar-refractivity contribution in [2.75, 3.05) is 13.2 Å². The van der Waals surface area contributed by atoms with Crippen LogP contribution in [0.1, 0.15) is 5.56 Å². The highest BCUT2D eigenvalue weighted by Gasteiger charge is 2.16. The second kappa shape index (κ2) is 4.48. The number of aromatic nitrogens is 2. The van der Waals surface area contributed by atoms with Crippen molar-refractivity contribution in [2.45, 2.75) is 6.92 Å². The highest BCUT2D eigenvalue weighted by atomic mass is 19.1. The average molecular weight is 284 g/mol. The lowest BCUT2D eigenvalue weighted by molar-refractivity contribution is 0.172. The second-order valence-corrected chi connectivity index (χ2v) is 5.03. The minimum Gasteiger partial charge on any atom is -0.486 e. The first kappa shape index (κ1) is 12.2. The third-order valence-electron chi connectivity index (χ3n) is 3.59. The van der Waals surface area contributed by atoms with Crippen LogP contribution in [0.25, 0.3) is 22.4 Å². The summed E-state index contributed by atoms with van der Waals surface area (Å²) < 4.78 is 25.3. The van der Waals surface area contributed by atoms with E-state index in [9.17, 15) is 4.39 Å². The molecule has 1 aliphatic rings. The zero-order valence-corrected chi connectivity index (χ0v) is 11.4. The van der Waals surface area contributed by atoms with E-state index in [1.54, 1.807) is 19.1 Å². The lowest BCUT2D eigenvalue weighted by Gasteiger charge is -2.17. The van der Waals surface area contributed by atoms with Gasteiger partial charge in [0.2, 0.25) is 0 Å². The molecule has 0 atom stereocenters. The van der Waals surface area contributed by atoms with Crippen LogP contribution in [0.5, 0.6) is 11.5 Å². The van der Waals surface area contributed by atoms with Crippen molar-refractivity contribution >= 4 is 11.0 Å².